The molecular formula is C22H32ClNO3. The van der Waals surface area contributed by atoms with Gasteiger partial charge in [-0.3, -0.25) is 9.59 Å². The third-order valence-corrected chi connectivity index (χ3v) is 5.73. The zero-order valence-corrected chi connectivity index (χ0v) is 17.4. The van der Waals surface area contributed by atoms with E-state index in [1.807, 2.05) is 6.92 Å². The van der Waals surface area contributed by atoms with Gasteiger partial charge in [-0.15, -0.1) is 0 Å². The molecular weight excluding hydrogens is 362 g/mol. The van der Waals surface area contributed by atoms with E-state index in [1.165, 1.54) is 6.42 Å². The maximum atomic E-state index is 13.4. The highest BCUT2D eigenvalue weighted by Crippen LogP contribution is 2.38. The van der Waals surface area contributed by atoms with Crippen LogP contribution in [0.2, 0.25) is 5.02 Å². The Morgan fingerprint density at radius 2 is 1.78 bits per heavy atom. The molecule has 0 bridgehead atoms. The van der Waals surface area contributed by atoms with Gasteiger partial charge in [0, 0.05) is 29.1 Å². The van der Waals surface area contributed by atoms with Crippen molar-refractivity contribution in [1.82, 2.24) is 4.90 Å². The second kappa shape index (κ2) is 10.7. The van der Waals surface area contributed by atoms with Gasteiger partial charge in [-0.25, -0.2) is 0 Å². The molecule has 150 valence electrons. The van der Waals surface area contributed by atoms with Crippen LogP contribution in [0.3, 0.4) is 0 Å². The number of benzene rings is 1. The number of hydrogen-bond donors (Lipinski definition) is 0. The van der Waals surface area contributed by atoms with Crippen molar-refractivity contribution in [3.63, 3.8) is 0 Å². The van der Waals surface area contributed by atoms with Crippen LogP contribution in [0, 0.1) is 0 Å². The third kappa shape index (κ3) is 5.97. The summed E-state index contributed by atoms with van der Waals surface area (Å²) in [4.78, 5) is 27.2. The van der Waals surface area contributed by atoms with Gasteiger partial charge in [-0.2, -0.15) is 0 Å². The molecule has 0 spiro atoms. The van der Waals surface area contributed by atoms with E-state index >= 15 is 0 Å². The second-order valence-corrected chi connectivity index (χ2v) is 7.84. The lowest BCUT2D eigenvalue weighted by atomic mass is 9.76. The molecule has 0 heterocycles. The number of esters is 1. The molecule has 0 N–H and O–H groups in total. The number of carbonyl (C=O) groups excluding carboxylic acids is 2. The SMILES string of the molecule is CCCC1(N(CCCC(=O)OCC)C(=O)c2ccc(Cl)cc2)CCCCC1. The van der Waals surface area contributed by atoms with E-state index in [-0.39, 0.29) is 17.4 Å². The van der Waals surface area contributed by atoms with E-state index in [0.717, 1.165) is 38.5 Å². The highest BCUT2D eigenvalue weighted by Gasteiger charge is 2.39. The predicted octanol–water partition coefficient (Wildman–Crippen LogP) is 5.63. The minimum atomic E-state index is -0.190. The van der Waals surface area contributed by atoms with Crippen LogP contribution >= 0.6 is 11.6 Å². The first kappa shape index (κ1) is 21.7. The summed E-state index contributed by atoms with van der Waals surface area (Å²) in [7, 11) is 0. The van der Waals surface area contributed by atoms with Crippen molar-refractivity contribution in [3.8, 4) is 0 Å². The Kier molecular flexibility index (Phi) is 8.62. The zero-order chi connectivity index (χ0) is 19.7. The summed E-state index contributed by atoms with van der Waals surface area (Å²) in [5, 5.41) is 0.626. The van der Waals surface area contributed by atoms with Crippen molar-refractivity contribution in [3.05, 3.63) is 34.9 Å². The van der Waals surface area contributed by atoms with Gasteiger partial charge >= 0.3 is 5.97 Å². The summed E-state index contributed by atoms with van der Waals surface area (Å²) >= 11 is 5.99. The van der Waals surface area contributed by atoms with Crippen molar-refractivity contribution in [2.45, 2.75) is 77.2 Å². The fourth-order valence-electron chi connectivity index (χ4n) is 4.25. The highest BCUT2D eigenvalue weighted by molar-refractivity contribution is 6.30. The topological polar surface area (TPSA) is 46.6 Å². The summed E-state index contributed by atoms with van der Waals surface area (Å²) in [5.74, 6) is -0.143. The molecule has 1 aliphatic rings. The summed E-state index contributed by atoms with van der Waals surface area (Å²) in [6.07, 6.45) is 8.65. The molecule has 0 atom stereocenters. The molecule has 0 aliphatic heterocycles. The average molecular weight is 394 g/mol. The minimum absolute atomic E-state index is 0.0471. The first-order valence-electron chi connectivity index (χ1n) is 10.3. The van der Waals surface area contributed by atoms with Gasteiger partial charge in [0.2, 0.25) is 0 Å². The molecule has 0 radical (unpaired) electrons. The molecule has 5 heteroatoms. The molecule has 1 saturated carbocycles. The molecule has 1 aromatic carbocycles. The van der Waals surface area contributed by atoms with E-state index in [9.17, 15) is 9.59 Å². The molecule has 4 nitrogen and oxygen atoms in total. The maximum Gasteiger partial charge on any atom is 0.305 e. The Morgan fingerprint density at radius 1 is 1.11 bits per heavy atom. The average Bonchev–Trinajstić information content (AvgIpc) is 2.66. The first-order valence-corrected chi connectivity index (χ1v) is 10.6. The fourth-order valence-corrected chi connectivity index (χ4v) is 4.37. The van der Waals surface area contributed by atoms with Gasteiger partial charge in [-0.05, 0) is 56.9 Å². The number of amides is 1. The molecule has 27 heavy (non-hydrogen) atoms. The molecule has 1 aromatic rings. The smallest absolute Gasteiger partial charge is 0.305 e. The number of rotatable bonds is 9. The van der Waals surface area contributed by atoms with Crippen LogP contribution in [0.25, 0.3) is 0 Å². The molecule has 0 aromatic heterocycles. The standard InChI is InChI=1S/C22H32ClNO3/c1-3-14-22(15-6-5-7-16-22)24(17-8-9-20(25)27-4-2)21(26)18-10-12-19(23)13-11-18/h10-13H,3-9,14-17H2,1-2H3. The van der Waals surface area contributed by atoms with Gasteiger partial charge in [0.25, 0.3) is 5.91 Å². The van der Waals surface area contributed by atoms with Crippen LogP contribution in [0.5, 0.6) is 0 Å². The van der Waals surface area contributed by atoms with Crippen LogP contribution in [0.15, 0.2) is 24.3 Å². The highest BCUT2D eigenvalue weighted by atomic mass is 35.5. The molecule has 0 unspecified atom stereocenters. The van der Waals surface area contributed by atoms with Gasteiger partial charge < -0.3 is 9.64 Å². The van der Waals surface area contributed by atoms with Crippen LogP contribution in [-0.4, -0.2) is 35.5 Å². The molecule has 1 aliphatic carbocycles. The summed E-state index contributed by atoms with van der Waals surface area (Å²) in [5.41, 5.74) is 0.565. The monoisotopic (exact) mass is 393 g/mol. The Morgan fingerprint density at radius 3 is 2.37 bits per heavy atom. The predicted molar refractivity (Wildman–Crippen MR) is 109 cm³/mol. The van der Waals surface area contributed by atoms with Crippen LogP contribution < -0.4 is 0 Å². The molecule has 0 saturated heterocycles. The van der Waals surface area contributed by atoms with Gasteiger partial charge in [-0.1, -0.05) is 44.2 Å². The Bertz CT molecular complexity index is 603. The lowest BCUT2D eigenvalue weighted by Crippen LogP contribution is -2.53. The van der Waals surface area contributed by atoms with E-state index in [0.29, 0.717) is 36.6 Å². The Balaban J connectivity index is 2.21. The lowest BCUT2D eigenvalue weighted by Gasteiger charge is -2.47. The minimum Gasteiger partial charge on any atom is -0.466 e. The van der Waals surface area contributed by atoms with Crippen LogP contribution in [0.4, 0.5) is 0 Å². The normalized spacial score (nSPS) is 16.0. The molecule has 2 rings (SSSR count). The van der Waals surface area contributed by atoms with Crippen molar-refractivity contribution >= 4 is 23.5 Å². The first-order chi connectivity index (χ1) is 13.0. The molecule has 1 fully saturated rings. The number of nitrogens with zero attached hydrogens (tertiary/aromatic N) is 1. The molecule has 1 amide bonds. The van der Waals surface area contributed by atoms with Crippen molar-refractivity contribution in [2.24, 2.45) is 0 Å². The summed E-state index contributed by atoms with van der Waals surface area (Å²) in [6.45, 7) is 4.97. The maximum absolute atomic E-state index is 13.4. The summed E-state index contributed by atoms with van der Waals surface area (Å²) < 4.78 is 5.04. The number of halogens is 1. The van der Waals surface area contributed by atoms with Gasteiger partial charge in [0.15, 0.2) is 0 Å². The summed E-state index contributed by atoms with van der Waals surface area (Å²) in [6, 6.07) is 7.12. The van der Waals surface area contributed by atoms with Crippen LogP contribution in [-0.2, 0) is 9.53 Å². The second-order valence-electron chi connectivity index (χ2n) is 7.41. The van der Waals surface area contributed by atoms with Crippen molar-refractivity contribution < 1.29 is 14.3 Å². The Hall–Kier alpha value is -1.55. The van der Waals surface area contributed by atoms with Crippen molar-refractivity contribution in [2.75, 3.05) is 13.2 Å². The number of ether oxygens (including phenoxy) is 1. The van der Waals surface area contributed by atoms with E-state index in [2.05, 4.69) is 11.8 Å². The third-order valence-electron chi connectivity index (χ3n) is 5.48. The number of hydrogen-bond acceptors (Lipinski definition) is 3. The van der Waals surface area contributed by atoms with E-state index < -0.39 is 0 Å². The van der Waals surface area contributed by atoms with Gasteiger partial charge in [0.1, 0.15) is 0 Å². The lowest BCUT2D eigenvalue weighted by molar-refractivity contribution is -0.143. The van der Waals surface area contributed by atoms with Crippen molar-refractivity contribution in [1.29, 1.82) is 0 Å². The van der Waals surface area contributed by atoms with Crippen LogP contribution in [0.1, 0.15) is 82.0 Å². The van der Waals surface area contributed by atoms with E-state index in [4.69, 9.17) is 16.3 Å². The zero-order valence-electron chi connectivity index (χ0n) is 16.6. The quantitative estimate of drug-likeness (QED) is 0.511. The fraction of sp³-hybridized carbons (Fsp3) is 0.636. The van der Waals surface area contributed by atoms with Gasteiger partial charge in [0.05, 0.1) is 6.61 Å². The Labute approximate surface area is 168 Å². The largest absolute Gasteiger partial charge is 0.466 e. The number of carbonyl (C=O) groups is 2. The van der Waals surface area contributed by atoms with E-state index in [1.54, 1.807) is 24.3 Å².